The number of ether oxygens (including phenoxy) is 1. The van der Waals surface area contributed by atoms with E-state index in [4.69, 9.17) is 9.84 Å². The summed E-state index contributed by atoms with van der Waals surface area (Å²) >= 11 is 0. The number of carboxylic acid groups (broad SMARTS) is 1. The van der Waals surface area contributed by atoms with E-state index in [2.05, 4.69) is 15.6 Å². The molecule has 0 unspecified atom stereocenters. The molecule has 0 spiro atoms. The van der Waals surface area contributed by atoms with Gasteiger partial charge in [-0.25, -0.2) is 4.68 Å². The molecule has 0 aliphatic carbocycles. The first-order valence-corrected chi connectivity index (χ1v) is 5.88. The molecule has 1 aromatic heterocycles. The smallest absolute Gasteiger partial charge is 0.325 e. The predicted molar refractivity (Wildman–Crippen MR) is 65.7 cm³/mol. The minimum atomic E-state index is -1.05. The van der Waals surface area contributed by atoms with Gasteiger partial charge in [-0.1, -0.05) is 5.21 Å². The van der Waals surface area contributed by atoms with Crippen LogP contribution in [0.1, 0.15) is 31.3 Å². The van der Waals surface area contributed by atoms with Gasteiger partial charge in [-0.15, -0.1) is 5.10 Å². The van der Waals surface area contributed by atoms with Crippen LogP contribution in [0.4, 0.5) is 0 Å². The number of rotatable bonds is 7. The van der Waals surface area contributed by atoms with Gasteiger partial charge in [0.15, 0.2) is 5.69 Å². The van der Waals surface area contributed by atoms with Crippen LogP contribution in [0.3, 0.4) is 0 Å². The first-order chi connectivity index (χ1) is 8.84. The van der Waals surface area contributed by atoms with Gasteiger partial charge in [0.2, 0.25) is 0 Å². The maximum Gasteiger partial charge on any atom is 0.325 e. The average molecular weight is 270 g/mol. The van der Waals surface area contributed by atoms with Crippen molar-refractivity contribution in [2.75, 3.05) is 13.2 Å². The van der Waals surface area contributed by atoms with Crippen molar-refractivity contribution in [1.82, 2.24) is 20.3 Å². The number of nitrogens with zero attached hydrogens (tertiary/aromatic N) is 3. The largest absolute Gasteiger partial charge is 0.480 e. The molecule has 1 amide bonds. The molecule has 0 saturated carbocycles. The van der Waals surface area contributed by atoms with Gasteiger partial charge in [-0.2, -0.15) is 0 Å². The molecule has 0 bridgehead atoms. The highest BCUT2D eigenvalue weighted by molar-refractivity contribution is 5.91. The highest BCUT2D eigenvalue weighted by Crippen LogP contribution is 2.07. The molecular weight excluding hydrogens is 252 g/mol. The van der Waals surface area contributed by atoms with Crippen molar-refractivity contribution in [3.63, 3.8) is 0 Å². The normalized spacial score (nSPS) is 11.3. The van der Waals surface area contributed by atoms with E-state index in [0.717, 1.165) is 4.68 Å². The Bertz CT molecular complexity index is 455. The van der Waals surface area contributed by atoms with Crippen LogP contribution in [-0.4, -0.2) is 50.7 Å². The first-order valence-electron chi connectivity index (χ1n) is 5.88. The molecule has 1 aromatic rings. The Kier molecular flexibility index (Phi) is 4.99. The molecule has 0 saturated heterocycles. The second-order valence-corrected chi connectivity index (χ2v) is 4.57. The Morgan fingerprint density at radius 2 is 2.21 bits per heavy atom. The average Bonchev–Trinajstić information content (AvgIpc) is 2.73. The zero-order valence-corrected chi connectivity index (χ0v) is 11.2. The molecule has 0 aliphatic rings. The third kappa shape index (κ3) is 5.04. The van der Waals surface area contributed by atoms with Gasteiger partial charge < -0.3 is 15.2 Å². The van der Waals surface area contributed by atoms with Crippen LogP contribution in [-0.2, 0) is 16.1 Å². The van der Waals surface area contributed by atoms with Gasteiger partial charge in [0.05, 0.1) is 11.8 Å². The minimum Gasteiger partial charge on any atom is -0.480 e. The summed E-state index contributed by atoms with van der Waals surface area (Å²) in [6.45, 7) is 6.14. The van der Waals surface area contributed by atoms with Crippen molar-refractivity contribution in [2.24, 2.45) is 0 Å². The summed E-state index contributed by atoms with van der Waals surface area (Å²) in [6.07, 6.45) is 1.29. The molecule has 106 valence electrons. The van der Waals surface area contributed by atoms with Gasteiger partial charge >= 0.3 is 5.97 Å². The number of carbonyl (C=O) groups is 2. The van der Waals surface area contributed by atoms with E-state index in [9.17, 15) is 9.59 Å². The molecule has 8 nitrogen and oxygen atoms in total. The van der Waals surface area contributed by atoms with Gasteiger partial charge in [-0.05, 0) is 20.8 Å². The molecule has 19 heavy (non-hydrogen) atoms. The summed E-state index contributed by atoms with van der Waals surface area (Å²) < 4.78 is 6.53. The zero-order chi connectivity index (χ0) is 14.5. The van der Waals surface area contributed by atoms with E-state index in [1.54, 1.807) is 0 Å². The summed E-state index contributed by atoms with van der Waals surface area (Å²) in [5.41, 5.74) is -0.393. The number of nitrogens with one attached hydrogen (secondary N) is 1. The van der Waals surface area contributed by atoms with Crippen molar-refractivity contribution < 1.29 is 19.4 Å². The molecule has 8 heteroatoms. The fourth-order valence-corrected chi connectivity index (χ4v) is 1.44. The molecule has 0 radical (unpaired) electrons. The minimum absolute atomic E-state index is 0.0774. The van der Waals surface area contributed by atoms with Crippen molar-refractivity contribution in [2.45, 2.75) is 32.9 Å². The van der Waals surface area contributed by atoms with Gasteiger partial charge in [0.1, 0.15) is 6.54 Å². The molecule has 2 N–H and O–H groups in total. The predicted octanol–water partition coefficient (Wildman–Crippen LogP) is -0.0924. The highest BCUT2D eigenvalue weighted by Gasteiger charge is 2.20. The lowest BCUT2D eigenvalue weighted by molar-refractivity contribution is -0.137. The first kappa shape index (κ1) is 15.1. The molecule has 1 heterocycles. The molecule has 0 fully saturated rings. The van der Waals surface area contributed by atoms with Gasteiger partial charge in [0, 0.05) is 13.2 Å². The molecule has 0 atom stereocenters. The van der Waals surface area contributed by atoms with Crippen molar-refractivity contribution in [3.8, 4) is 0 Å². The Labute approximate surface area is 110 Å². The summed E-state index contributed by atoms with van der Waals surface area (Å²) in [5, 5.41) is 18.4. The molecule has 0 aliphatic heterocycles. The summed E-state index contributed by atoms with van der Waals surface area (Å²) in [4.78, 5) is 22.2. The van der Waals surface area contributed by atoms with Crippen molar-refractivity contribution in [3.05, 3.63) is 11.9 Å². The van der Waals surface area contributed by atoms with E-state index in [1.807, 2.05) is 20.8 Å². The summed E-state index contributed by atoms with van der Waals surface area (Å²) in [7, 11) is 0. The molecule has 0 aromatic carbocycles. The lowest BCUT2D eigenvalue weighted by atomic mass is 10.1. The molecule has 1 rings (SSSR count). The number of aliphatic carboxylic acids is 1. The Morgan fingerprint density at radius 1 is 1.53 bits per heavy atom. The van der Waals surface area contributed by atoms with Crippen LogP contribution >= 0.6 is 0 Å². The van der Waals surface area contributed by atoms with Crippen LogP contribution in [0.25, 0.3) is 0 Å². The van der Waals surface area contributed by atoms with E-state index in [0.29, 0.717) is 13.2 Å². The van der Waals surface area contributed by atoms with E-state index < -0.39 is 17.5 Å². The lowest BCUT2D eigenvalue weighted by Crippen LogP contribution is -2.40. The topological polar surface area (TPSA) is 106 Å². The van der Waals surface area contributed by atoms with Crippen molar-refractivity contribution in [1.29, 1.82) is 0 Å². The summed E-state index contributed by atoms with van der Waals surface area (Å²) in [6, 6.07) is 0. The SMILES string of the molecule is CCOC(C)(C)CNC(=O)c1cn(CC(=O)O)nn1. The van der Waals surface area contributed by atoms with Crippen LogP contribution < -0.4 is 5.32 Å². The monoisotopic (exact) mass is 270 g/mol. The van der Waals surface area contributed by atoms with Crippen LogP contribution in [0.5, 0.6) is 0 Å². The fraction of sp³-hybridized carbons (Fsp3) is 0.636. The zero-order valence-electron chi connectivity index (χ0n) is 11.2. The van der Waals surface area contributed by atoms with Crippen LogP contribution in [0.15, 0.2) is 6.20 Å². The van der Waals surface area contributed by atoms with Gasteiger partial charge in [0.25, 0.3) is 5.91 Å². The molecular formula is C11H18N4O4. The number of hydrogen-bond acceptors (Lipinski definition) is 5. The standard InChI is InChI=1S/C11H18N4O4/c1-4-19-11(2,3)7-12-10(18)8-5-15(14-13-8)6-9(16)17/h5H,4,6-7H2,1-3H3,(H,12,18)(H,16,17). The number of amides is 1. The Hall–Kier alpha value is -1.96. The number of aromatic nitrogens is 3. The van der Waals surface area contributed by atoms with E-state index in [1.165, 1.54) is 6.20 Å². The third-order valence-electron chi connectivity index (χ3n) is 2.28. The van der Waals surface area contributed by atoms with Crippen LogP contribution in [0.2, 0.25) is 0 Å². The van der Waals surface area contributed by atoms with E-state index >= 15 is 0 Å². The maximum atomic E-state index is 11.8. The second kappa shape index (κ2) is 6.28. The van der Waals surface area contributed by atoms with Crippen molar-refractivity contribution >= 4 is 11.9 Å². The third-order valence-corrected chi connectivity index (χ3v) is 2.28. The second-order valence-electron chi connectivity index (χ2n) is 4.57. The number of carbonyl (C=O) groups excluding carboxylic acids is 1. The maximum absolute atomic E-state index is 11.8. The number of carboxylic acids is 1. The Morgan fingerprint density at radius 3 is 2.79 bits per heavy atom. The fourth-order valence-electron chi connectivity index (χ4n) is 1.44. The summed E-state index contributed by atoms with van der Waals surface area (Å²) in [5.74, 6) is -1.46. The highest BCUT2D eigenvalue weighted by atomic mass is 16.5. The quantitative estimate of drug-likeness (QED) is 0.717. The van der Waals surface area contributed by atoms with Gasteiger partial charge in [-0.3, -0.25) is 9.59 Å². The van der Waals surface area contributed by atoms with E-state index in [-0.39, 0.29) is 12.2 Å². The lowest BCUT2D eigenvalue weighted by Gasteiger charge is -2.24. The van der Waals surface area contributed by atoms with Crippen LogP contribution in [0, 0.1) is 0 Å². The number of hydrogen-bond donors (Lipinski definition) is 2. The Balaban J connectivity index is 2.54.